The van der Waals surface area contributed by atoms with E-state index in [1.165, 1.54) is 0 Å². The number of carbonyl (C=O) groups excluding carboxylic acids is 2. The summed E-state index contributed by atoms with van der Waals surface area (Å²) < 4.78 is 10.8. The highest BCUT2D eigenvalue weighted by molar-refractivity contribution is 6.31. The Morgan fingerprint density at radius 2 is 1.27 bits per heavy atom. The van der Waals surface area contributed by atoms with E-state index in [2.05, 4.69) is 38.1 Å². The molecule has 0 fully saturated rings. The van der Waals surface area contributed by atoms with E-state index in [0.29, 0.717) is 28.0 Å². The Hall–Kier alpha value is -4.25. The highest BCUT2D eigenvalue weighted by Gasteiger charge is 2.35. The van der Waals surface area contributed by atoms with Gasteiger partial charge >= 0.3 is 11.9 Å². The van der Waals surface area contributed by atoms with Crippen molar-refractivity contribution in [1.29, 1.82) is 0 Å². The third-order valence-electron chi connectivity index (χ3n) is 6.63. The lowest BCUT2D eigenvalue weighted by Gasteiger charge is -2.14. The van der Waals surface area contributed by atoms with Crippen LogP contribution in [0.15, 0.2) is 77.8 Å². The molecule has 0 aliphatic heterocycles. The van der Waals surface area contributed by atoms with Gasteiger partial charge in [0.15, 0.2) is 0 Å². The monoisotopic (exact) mass is 491 g/mol. The minimum atomic E-state index is -0.448. The van der Waals surface area contributed by atoms with Crippen LogP contribution in [0.2, 0.25) is 0 Å². The minimum Gasteiger partial charge on any atom is -0.462 e. The molecule has 0 saturated heterocycles. The van der Waals surface area contributed by atoms with E-state index in [1.807, 2.05) is 36.4 Å². The SMILES string of the molecule is CCOC(=O)c1ccc(C(=O)OCC)c2c1C(=Nc1ccccc1C(C)C)c1cc3ccccc3cc1-2. The predicted octanol–water partition coefficient (Wildman–Crippen LogP) is 7.47. The summed E-state index contributed by atoms with van der Waals surface area (Å²) in [5.41, 5.74) is 6.35. The molecule has 0 spiro atoms. The number of hydrogen-bond acceptors (Lipinski definition) is 5. The number of ether oxygens (including phenoxy) is 2. The number of benzene rings is 4. The van der Waals surface area contributed by atoms with Crippen molar-refractivity contribution in [3.05, 3.63) is 101 Å². The summed E-state index contributed by atoms with van der Waals surface area (Å²) in [5, 5.41) is 2.08. The summed E-state index contributed by atoms with van der Waals surface area (Å²) in [6.07, 6.45) is 0. The van der Waals surface area contributed by atoms with Gasteiger partial charge in [-0.15, -0.1) is 0 Å². The summed E-state index contributed by atoms with van der Waals surface area (Å²) in [5.74, 6) is -0.624. The van der Waals surface area contributed by atoms with Gasteiger partial charge < -0.3 is 9.47 Å². The van der Waals surface area contributed by atoms with Crippen LogP contribution in [0, 0.1) is 0 Å². The van der Waals surface area contributed by atoms with Gasteiger partial charge in [-0.25, -0.2) is 14.6 Å². The molecule has 0 atom stereocenters. The third kappa shape index (κ3) is 4.31. The third-order valence-corrected chi connectivity index (χ3v) is 6.63. The predicted molar refractivity (Wildman–Crippen MR) is 147 cm³/mol. The molecule has 0 radical (unpaired) electrons. The van der Waals surface area contributed by atoms with E-state index in [1.54, 1.807) is 26.0 Å². The average Bonchev–Trinajstić information content (AvgIpc) is 3.20. The highest BCUT2D eigenvalue weighted by Crippen LogP contribution is 2.44. The minimum absolute atomic E-state index is 0.243. The van der Waals surface area contributed by atoms with Crippen molar-refractivity contribution >= 4 is 34.1 Å². The fourth-order valence-electron chi connectivity index (χ4n) is 4.98. The number of nitrogens with zero attached hydrogens (tertiary/aromatic N) is 1. The van der Waals surface area contributed by atoms with Crippen molar-refractivity contribution < 1.29 is 19.1 Å². The van der Waals surface area contributed by atoms with Crippen LogP contribution >= 0.6 is 0 Å². The van der Waals surface area contributed by atoms with Crippen LogP contribution < -0.4 is 0 Å². The molecule has 0 unspecified atom stereocenters. The molecule has 0 saturated carbocycles. The van der Waals surface area contributed by atoms with Crippen LogP contribution in [0.1, 0.15) is 71.0 Å². The zero-order chi connectivity index (χ0) is 26.1. The molecule has 5 heteroatoms. The molecule has 37 heavy (non-hydrogen) atoms. The summed E-state index contributed by atoms with van der Waals surface area (Å²) >= 11 is 0. The summed E-state index contributed by atoms with van der Waals surface area (Å²) in [4.78, 5) is 31.5. The molecular weight excluding hydrogens is 462 g/mol. The molecule has 0 bridgehead atoms. The number of hydrogen-bond donors (Lipinski definition) is 0. The molecule has 0 heterocycles. The molecule has 4 aromatic carbocycles. The molecule has 1 aliphatic rings. The van der Waals surface area contributed by atoms with Gasteiger partial charge in [-0.3, -0.25) is 0 Å². The molecule has 5 rings (SSSR count). The molecule has 0 amide bonds. The van der Waals surface area contributed by atoms with Crippen LogP contribution in [0.4, 0.5) is 5.69 Å². The molecule has 5 nitrogen and oxygen atoms in total. The van der Waals surface area contributed by atoms with Crippen LogP contribution in [0.25, 0.3) is 21.9 Å². The second-order valence-corrected chi connectivity index (χ2v) is 9.27. The second-order valence-electron chi connectivity index (χ2n) is 9.27. The lowest BCUT2D eigenvalue weighted by atomic mass is 9.94. The molecule has 1 aliphatic carbocycles. The Bertz CT molecular complexity index is 1560. The van der Waals surface area contributed by atoms with Gasteiger partial charge in [0.25, 0.3) is 0 Å². The van der Waals surface area contributed by atoms with Gasteiger partial charge in [0, 0.05) is 16.7 Å². The zero-order valence-corrected chi connectivity index (χ0v) is 21.5. The molecule has 0 aromatic heterocycles. The van der Waals surface area contributed by atoms with Gasteiger partial charge in [0.05, 0.1) is 35.7 Å². The van der Waals surface area contributed by atoms with Crippen molar-refractivity contribution in [2.75, 3.05) is 13.2 Å². The van der Waals surface area contributed by atoms with Gasteiger partial charge in [-0.05, 0) is 72.0 Å². The van der Waals surface area contributed by atoms with Crippen molar-refractivity contribution in [3.8, 4) is 11.1 Å². The number of carbonyl (C=O) groups is 2. The first kappa shape index (κ1) is 24.4. The van der Waals surface area contributed by atoms with Crippen molar-refractivity contribution in [3.63, 3.8) is 0 Å². The maximum absolute atomic E-state index is 13.2. The summed E-state index contributed by atoms with van der Waals surface area (Å²) in [6.45, 7) is 8.31. The Labute approximate surface area is 216 Å². The highest BCUT2D eigenvalue weighted by atomic mass is 16.5. The fourth-order valence-corrected chi connectivity index (χ4v) is 4.98. The fraction of sp³-hybridized carbons (Fsp3) is 0.219. The van der Waals surface area contributed by atoms with Crippen LogP contribution in [0.3, 0.4) is 0 Å². The van der Waals surface area contributed by atoms with E-state index in [0.717, 1.165) is 33.2 Å². The zero-order valence-electron chi connectivity index (χ0n) is 21.5. The Balaban J connectivity index is 1.90. The number of aliphatic imine (C=N–C) groups is 1. The first-order valence-electron chi connectivity index (χ1n) is 12.7. The maximum atomic E-state index is 13.2. The van der Waals surface area contributed by atoms with E-state index >= 15 is 0 Å². The lowest BCUT2D eigenvalue weighted by Crippen LogP contribution is -2.14. The first-order valence-corrected chi connectivity index (χ1v) is 12.7. The van der Waals surface area contributed by atoms with Crippen LogP contribution in [-0.2, 0) is 9.47 Å². The first-order chi connectivity index (χ1) is 17.9. The second kappa shape index (κ2) is 10.0. The van der Waals surface area contributed by atoms with E-state index in [-0.39, 0.29) is 19.1 Å². The van der Waals surface area contributed by atoms with Gasteiger partial charge in [-0.2, -0.15) is 0 Å². The van der Waals surface area contributed by atoms with Crippen molar-refractivity contribution in [2.45, 2.75) is 33.6 Å². The van der Waals surface area contributed by atoms with Crippen molar-refractivity contribution in [2.24, 2.45) is 4.99 Å². The Morgan fingerprint density at radius 1 is 0.730 bits per heavy atom. The summed E-state index contributed by atoms with van der Waals surface area (Å²) in [7, 11) is 0. The number of rotatable bonds is 6. The van der Waals surface area contributed by atoms with E-state index in [4.69, 9.17) is 14.5 Å². The Kier molecular flexibility index (Phi) is 6.62. The number of esters is 2. The molecular formula is C32H29NO4. The largest absolute Gasteiger partial charge is 0.462 e. The smallest absolute Gasteiger partial charge is 0.338 e. The Morgan fingerprint density at radius 3 is 1.86 bits per heavy atom. The van der Waals surface area contributed by atoms with Crippen molar-refractivity contribution in [1.82, 2.24) is 0 Å². The van der Waals surface area contributed by atoms with Crippen LogP contribution in [0.5, 0.6) is 0 Å². The quantitative estimate of drug-likeness (QED) is 0.231. The average molecular weight is 492 g/mol. The van der Waals surface area contributed by atoms with Crippen LogP contribution in [-0.4, -0.2) is 30.9 Å². The number of fused-ring (bicyclic) bond motifs is 4. The summed E-state index contributed by atoms with van der Waals surface area (Å²) in [6, 6.07) is 23.6. The van der Waals surface area contributed by atoms with Gasteiger partial charge in [-0.1, -0.05) is 56.3 Å². The van der Waals surface area contributed by atoms with E-state index in [9.17, 15) is 9.59 Å². The normalized spacial score (nSPS) is 13.1. The van der Waals surface area contributed by atoms with E-state index < -0.39 is 11.9 Å². The van der Waals surface area contributed by atoms with Gasteiger partial charge in [0.1, 0.15) is 0 Å². The number of para-hydroxylation sites is 1. The molecule has 186 valence electrons. The standard InChI is InChI=1S/C32H29NO4/c1-5-36-31(34)23-15-16-24(32(35)37-6-2)29-28(23)25-17-20-11-7-8-12-21(20)18-26(25)30(29)33-27-14-10-9-13-22(27)19(3)4/h7-19H,5-6H2,1-4H3. The topological polar surface area (TPSA) is 65.0 Å². The maximum Gasteiger partial charge on any atom is 0.338 e. The molecule has 0 N–H and O–H groups in total. The molecule has 4 aromatic rings. The lowest BCUT2D eigenvalue weighted by molar-refractivity contribution is 0.0512. The van der Waals surface area contributed by atoms with Gasteiger partial charge in [0.2, 0.25) is 0 Å².